The van der Waals surface area contributed by atoms with Gasteiger partial charge in [0.2, 0.25) is 59.2 Å². The van der Waals surface area contributed by atoms with E-state index in [-0.39, 0.29) is 120 Å². The van der Waals surface area contributed by atoms with E-state index in [1.165, 1.54) is 85.9 Å². The molecule has 30 heteroatoms. The Morgan fingerprint density at radius 1 is 0.758 bits per heavy atom. The number of rotatable bonds is 13. The van der Waals surface area contributed by atoms with Crippen LogP contribution in [0.25, 0.3) is 5.57 Å². The smallest absolute Gasteiger partial charge is 0.247 e. The highest BCUT2D eigenvalue weighted by Crippen LogP contribution is 2.87. The first-order valence-electron chi connectivity index (χ1n) is 33.2. The average molecular weight is 1390 g/mol. The summed E-state index contributed by atoms with van der Waals surface area (Å²) in [6, 6.07) is 6.60. The van der Waals surface area contributed by atoms with Gasteiger partial charge >= 0.3 is 0 Å². The Hall–Kier alpha value is -8.14. The van der Waals surface area contributed by atoms with Gasteiger partial charge < -0.3 is 109 Å². The highest BCUT2D eigenvalue weighted by atomic mass is 35.5. The second-order valence-electron chi connectivity index (χ2n) is 27.9. The molecule has 7 amide bonds. The number of carbonyl (C=O) groups excluding carboxylic acids is 7. The minimum absolute atomic E-state index is 0.0159. The third kappa shape index (κ3) is 12.4. The molecule has 11 aliphatic rings. The number of nitrogens with two attached hydrogens (primary N) is 3. The average Bonchev–Trinajstić information content (AvgIpc) is 1.07. The van der Waals surface area contributed by atoms with Crippen LogP contribution in [0.4, 0.5) is 0 Å². The number of halogens is 1. The molecule has 29 nitrogen and oxygen atoms in total. The van der Waals surface area contributed by atoms with Gasteiger partial charge in [-0.2, -0.15) is 0 Å². The van der Waals surface area contributed by atoms with Gasteiger partial charge in [0, 0.05) is 36.7 Å². The Morgan fingerprint density at radius 2 is 1.44 bits per heavy atom. The van der Waals surface area contributed by atoms with E-state index >= 15 is 9.59 Å². The molecule has 5 heterocycles. The zero-order valence-corrected chi connectivity index (χ0v) is 54.9. The van der Waals surface area contributed by atoms with Crippen LogP contribution >= 0.6 is 11.6 Å². The molecule has 99 heavy (non-hydrogen) atoms. The number of benzene rings is 4. The number of primary amides is 2. The number of nitrogens with one attached hydrogen (secondary N) is 7. The Balaban J connectivity index is 0.958. The number of hydrogen-bond acceptors (Lipinski definition) is 22. The predicted octanol–water partition coefficient (Wildman–Crippen LogP) is -0.752. The van der Waals surface area contributed by atoms with Crippen molar-refractivity contribution in [1.29, 1.82) is 0 Å². The summed E-state index contributed by atoms with van der Waals surface area (Å²) in [6.07, 6.45) is -10.9. The maximum Gasteiger partial charge on any atom is 0.247 e. The van der Waals surface area contributed by atoms with Crippen molar-refractivity contribution in [3.8, 4) is 28.7 Å². The van der Waals surface area contributed by atoms with E-state index < -0.39 is 158 Å². The van der Waals surface area contributed by atoms with E-state index in [0.717, 1.165) is 19.3 Å². The molecule has 4 saturated carbocycles. The molecule has 0 aromatic heterocycles. The standard InChI is InChI=1S/C69H81ClN10O19/c1-26(2)12-42(74-3)63(90)80-56-57(85)27-4-8-34(9-5-27)96-47-15-30-16-48(61(47)99-67-60(88)59(87)58(86)49(24-71)98-67)97-46-11-7-28(14-41(46)70)45(82)23-51(84)78-54(65(92)79-55-39-18-31-17-32-19-40(55)68(31,32)39)36-20-33(81)21-38-52(36)35-13-29(6-10-37(35)69(38,94)95)53(62(73)89)75-25-44(30)77-64(91)43(22-50(72)83)76-66(56)93/h4-11,13-16,20,26,31-33,39-40,42-45,49,53-60,67,74-75,81-82,85-88,94-95H,12,17-19,21-25,71H2,1-3H3,(H2,72,83)(H2,73,89)(H,76,93)(H,77,91)(H,78,84)(H,79,92)(H,80,90). The normalized spacial score (nSPS) is 33.6. The Morgan fingerprint density at radius 3 is 2.09 bits per heavy atom. The van der Waals surface area contributed by atoms with Crippen molar-refractivity contribution in [2.75, 3.05) is 20.1 Å². The maximum absolute atomic E-state index is 15.2. The van der Waals surface area contributed by atoms with Gasteiger partial charge in [0.25, 0.3) is 0 Å². The van der Waals surface area contributed by atoms with Gasteiger partial charge in [-0.15, -0.1) is 0 Å². The summed E-state index contributed by atoms with van der Waals surface area (Å²) in [6.45, 7) is 2.81. The summed E-state index contributed by atoms with van der Waals surface area (Å²) < 4.78 is 25.6. The molecule has 1 saturated heterocycles. The van der Waals surface area contributed by atoms with Crippen LogP contribution in [-0.2, 0) is 44.1 Å². The molecule has 21 N–H and O–H groups in total. The molecule has 1 spiro atoms. The number of likely N-dealkylation sites (N-methyl/N-ethyl adjacent to an activating group) is 1. The fraction of sp³-hybridized carbons (Fsp3) is 0.493. The van der Waals surface area contributed by atoms with Crippen LogP contribution in [0.2, 0.25) is 5.02 Å². The fourth-order valence-corrected chi connectivity index (χ4v) is 16.9. The minimum atomic E-state index is -2.80. The Kier molecular flexibility index (Phi) is 18.7. The molecular weight excluding hydrogens is 1310 g/mol. The molecule has 18 atom stereocenters. The lowest BCUT2D eigenvalue weighted by atomic mass is 9.17. The predicted molar refractivity (Wildman–Crippen MR) is 348 cm³/mol. The monoisotopic (exact) mass is 1390 g/mol. The van der Waals surface area contributed by atoms with E-state index in [4.69, 9.17) is 47.7 Å². The van der Waals surface area contributed by atoms with Crippen molar-refractivity contribution in [3.63, 3.8) is 0 Å². The SMILES string of the molecule is CNC(CC(C)C)C(=O)NC1C(=O)NC(CC(N)=O)C(=O)NC2CNC(C(N)=O)c3ccc4c(c3)C3=C(CC(O)C=C3C(C(=O)NC3C5CC6CC7CC3C675)NC(=O)CC(O)c3ccc(c(Cl)c3)Oc3cc2cc(c3OC2OC(CN)C(O)C(O)C2O)Oc2ccc(cc2)C1O)C4(O)O. The lowest BCUT2D eigenvalue weighted by Gasteiger charge is -2.88. The van der Waals surface area contributed by atoms with Gasteiger partial charge in [-0.1, -0.05) is 55.8 Å². The molecule has 9 bridgehead atoms. The van der Waals surface area contributed by atoms with Crippen LogP contribution < -0.4 is 68.6 Å². The first-order chi connectivity index (χ1) is 47.1. The van der Waals surface area contributed by atoms with Crippen LogP contribution in [0.15, 0.2) is 90.0 Å². The van der Waals surface area contributed by atoms with Gasteiger partial charge in [0.1, 0.15) is 66.2 Å². The van der Waals surface area contributed by atoms with Gasteiger partial charge in [0.05, 0.1) is 42.2 Å². The first kappa shape index (κ1) is 69.3. The molecule has 5 aliphatic heterocycles. The lowest BCUT2D eigenvalue weighted by Crippen LogP contribution is -2.88. The second-order valence-corrected chi connectivity index (χ2v) is 28.3. The van der Waals surface area contributed by atoms with Crippen molar-refractivity contribution in [2.45, 2.75) is 156 Å². The van der Waals surface area contributed by atoms with Crippen LogP contribution in [0.3, 0.4) is 0 Å². The molecule has 6 aliphatic carbocycles. The summed E-state index contributed by atoms with van der Waals surface area (Å²) in [5, 5.41) is 113. The van der Waals surface area contributed by atoms with Crippen molar-refractivity contribution in [1.82, 2.24) is 37.2 Å². The second kappa shape index (κ2) is 26.8. The summed E-state index contributed by atoms with van der Waals surface area (Å²) in [5.74, 6) is -9.08. The van der Waals surface area contributed by atoms with Crippen LogP contribution in [0, 0.1) is 35.0 Å². The Labute approximate surface area is 572 Å². The molecule has 4 aromatic carbocycles. The van der Waals surface area contributed by atoms with E-state index in [1.54, 1.807) is 0 Å². The third-order valence-corrected chi connectivity index (χ3v) is 21.9. The van der Waals surface area contributed by atoms with Crippen LogP contribution in [0.5, 0.6) is 28.7 Å². The number of amides is 7. The maximum atomic E-state index is 15.2. The van der Waals surface area contributed by atoms with Crippen molar-refractivity contribution in [3.05, 3.63) is 128 Å². The number of aliphatic hydroxyl groups is 8. The zero-order chi connectivity index (χ0) is 70.6. The topological polar surface area (TPSA) is 481 Å². The van der Waals surface area contributed by atoms with Crippen molar-refractivity contribution in [2.24, 2.45) is 52.2 Å². The van der Waals surface area contributed by atoms with Gasteiger partial charge in [-0.3, -0.25) is 38.9 Å². The summed E-state index contributed by atoms with van der Waals surface area (Å²) in [7, 11) is 1.54. The first-order valence-corrected chi connectivity index (χ1v) is 33.6. The van der Waals surface area contributed by atoms with Crippen LogP contribution in [-0.4, -0.2) is 169 Å². The molecule has 4 aromatic rings. The lowest BCUT2D eigenvalue weighted by molar-refractivity contribution is -0.390. The highest BCUT2D eigenvalue weighted by Gasteiger charge is 2.84. The summed E-state index contributed by atoms with van der Waals surface area (Å²) in [5.41, 5.74) is 18.2. The van der Waals surface area contributed by atoms with E-state index in [9.17, 15) is 64.8 Å². The number of carbonyl (C=O) groups is 7. The number of hydrogen-bond donors (Lipinski definition) is 18. The molecule has 528 valence electrons. The summed E-state index contributed by atoms with van der Waals surface area (Å²) >= 11 is 7.06. The van der Waals surface area contributed by atoms with E-state index in [2.05, 4.69) is 37.2 Å². The van der Waals surface area contributed by atoms with Crippen LogP contribution in [0.1, 0.15) is 116 Å². The van der Waals surface area contributed by atoms with Gasteiger partial charge in [0.15, 0.2) is 11.5 Å². The number of aliphatic hydroxyl groups excluding tert-OH is 6. The van der Waals surface area contributed by atoms with Gasteiger partial charge in [-0.05, 0) is 155 Å². The minimum Gasteiger partial charge on any atom is -0.454 e. The molecule has 5 fully saturated rings. The third-order valence-electron chi connectivity index (χ3n) is 21.6. The molecule has 18 unspecified atom stereocenters. The van der Waals surface area contributed by atoms with Gasteiger partial charge in [-0.25, -0.2) is 0 Å². The Bertz CT molecular complexity index is 3980. The molecular formula is C69H81ClN10O19. The molecule has 15 rings (SSSR count). The van der Waals surface area contributed by atoms with E-state index in [0.29, 0.717) is 18.3 Å². The van der Waals surface area contributed by atoms with Crippen molar-refractivity contribution >= 4 is 58.5 Å². The highest BCUT2D eigenvalue weighted by molar-refractivity contribution is 6.32. The number of ether oxygens (including phenoxy) is 4. The number of fused-ring (bicyclic) bond motifs is 16. The quantitative estimate of drug-likeness (QED) is 0.0732. The fourth-order valence-electron chi connectivity index (χ4n) is 16.7. The van der Waals surface area contributed by atoms with Crippen molar-refractivity contribution < 1.29 is 93.4 Å². The summed E-state index contributed by atoms with van der Waals surface area (Å²) in [4.78, 5) is 101. The zero-order valence-electron chi connectivity index (χ0n) is 54.1. The van der Waals surface area contributed by atoms with E-state index in [1.807, 2.05) is 13.8 Å². The molecule has 0 radical (unpaired) electrons. The largest absolute Gasteiger partial charge is 0.454 e.